The van der Waals surface area contributed by atoms with Crippen LogP contribution in [0.2, 0.25) is 5.02 Å². The Bertz CT molecular complexity index is 638. The molecule has 0 aromatic heterocycles. The molecule has 23 heavy (non-hydrogen) atoms. The van der Waals surface area contributed by atoms with Gasteiger partial charge >= 0.3 is 0 Å². The Labute approximate surface area is 146 Å². The molecule has 1 unspecified atom stereocenters. The average Bonchev–Trinajstić information content (AvgIpc) is 2.79. The monoisotopic (exact) mass is 356 g/mol. The van der Waals surface area contributed by atoms with E-state index in [0.717, 1.165) is 16.8 Å². The Balaban J connectivity index is 2.49. The molecule has 5 nitrogen and oxygen atoms in total. The number of hydrogen-bond donors (Lipinski definition) is 3. The average molecular weight is 357 g/mol. The summed E-state index contributed by atoms with van der Waals surface area (Å²) in [6, 6.07) is 3.59. The third kappa shape index (κ3) is 3.20. The van der Waals surface area contributed by atoms with Gasteiger partial charge in [-0.25, -0.2) is 0 Å². The Morgan fingerprint density at radius 2 is 2.17 bits per heavy atom. The third-order valence-corrected chi connectivity index (χ3v) is 4.83. The minimum absolute atomic E-state index is 0.143. The third-order valence-electron chi connectivity index (χ3n) is 4.41. The fourth-order valence-electron chi connectivity index (χ4n) is 3.10. The molecule has 126 valence electrons. The summed E-state index contributed by atoms with van der Waals surface area (Å²) in [5.41, 5.74) is 1.61. The van der Waals surface area contributed by atoms with E-state index in [1.165, 1.54) is 4.90 Å². The van der Waals surface area contributed by atoms with Gasteiger partial charge in [0.15, 0.2) is 0 Å². The van der Waals surface area contributed by atoms with E-state index < -0.39 is 17.9 Å². The highest BCUT2D eigenvalue weighted by Crippen LogP contribution is 2.44. The van der Waals surface area contributed by atoms with Gasteiger partial charge in [-0.1, -0.05) is 18.5 Å². The lowest BCUT2D eigenvalue weighted by Crippen LogP contribution is -2.48. The number of anilines is 1. The number of halogens is 1. The molecule has 2 amide bonds. The molecular formula is C16H21ClN2O3S. The van der Waals surface area contributed by atoms with Crippen molar-refractivity contribution in [2.75, 3.05) is 30.8 Å². The van der Waals surface area contributed by atoms with Gasteiger partial charge in [-0.3, -0.25) is 9.59 Å². The number of carbonyl (C=O) groups excluding carboxylic acids is 2. The summed E-state index contributed by atoms with van der Waals surface area (Å²) in [4.78, 5) is 26.2. The first-order valence-corrected chi connectivity index (χ1v) is 8.52. The van der Waals surface area contributed by atoms with Crippen molar-refractivity contribution >= 4 is 41.7 Å². The van der Waals surface area contributed by atoms with Gasteiger partial charge in [-0.15, -0.1) is 0 Å². The van der Waals surface area contributed by atoms with Crippen LogP contribution in [0, 0.1) is 6.92 Å². The van der Waals surface area contributed by atoms with E-state index >= 15 is 0 Å². The standard InChI is InChI=1S/C16H21ClN2O3S/c1-3-16(9-19(4-5-23)13(21)8-20)12-7-11(17)6-10(2)14(12)18-15(16)22/h6-7,20,23H,3-5,8-9H2,1-2H3,(H,18,22). The molecule has 2 N–H and O–H groups in total. The molecular weight excluding hydrogens is 336 g/mol. The van der Waals surface area contributed by atoms with Gasteiger partial charge in [0.1, 0.15) is 6.61 Å². The fourth-order valence-corrected chi connectivity index (χ4v) is 3.61. The number of rotatable bonds is 6. The largest absolute Gasteiger partial charge is 0.387 e. The zero-order chi connectivity index (χ0) is 17.2. The number of nitrogens with zero attached hydrogens (tertiary/aromatic N) is 1. The second kappa shape index (κ2) is 7.11. The van der Waals surface area contributed by atoms with Crippen molar-refractivity contribution in [2.45, 2.75) is 25.7 Å². The Morgan fingerprint density at radius 3 is 2.74 bits per heavy atom. The van der Waals surface area contributed by atoms with E-state index in [9.17, 15) is 14.7 Å². The predicted octanol–water partition coefficient (Wildman–Crippen LogP) is 2.00. The number of thiol groups is 1. The van der Waals surface area contributed by atoms with E-state index in [1.54, 1.807) is 12.1 Å². The number of fused-ring (bicyclic) bond motifs is 1. The van der Waals surface area contributed by atoms with Crippen molar-refractivity contribution in [2.24, 2.45) is 0 Å². The van der Waals surface area contributed by atoms with Crippen molar-refractivity contribution in [1.82, 2.24) is 4.90 Å². The normalized spacial score (nSPS) is 19.4. The molecule has 0 spiro atoms. The number of carbonyl (C=O) groups is 2. The van der Waals surface area contributed by atoms with E-state index in [2.05, 4.69) is 17.9 Å². The first-order valence-electron chi connectivity index (χ1n) is 7.51. The Morgan fingerprint density at radius 1 is 1.48 bits per heavy atom. The Kier molecular flexibility index (Phi) is 5.60. The highest BCUT2D eigenvalue weighted by Gasteiger charge is 2.47. The van der Waals surface area contributed by atoms with Crippen LogP contribution in [0.5, 0.6) is 0 Å². The molecule has 0 radical (unpaired) electrons. The van der Waals surface area contributed by atoms with Gasteiger partial charge in [0, 0.05) is 29.6 Å². The molecule has 1 atom stereocenters. The SMILES string of the molecule is CCC1(CN(CCS)C(=O)CO)C(=O)Nc2c(C)cc(Cl)cc21. The van der Waals surface area contributed by atoms with Gasteiger partial charge in [0.05, 0.1) is 5.41 Å². The summed E-state index contributed by atoms with van der Waals surface area (Å²) >= 11 is 10.3. The summed E-state index contributed by atoms with van der Waals surface area (Å²) in [7, 11) is 0. The summed E-state index contributed by atoms with van der Waals surface area (Å²) in [6.45, 7) is 3.78. The van der Waals surface area contributed by atoms with Crippen LogP contribution >= 0.6 is 24.2 Å². The van der Waals surface area contributed by atoms with Crippen molar-refractivity contribution in [1.29, 1.82) is 0 Å². The Hall–Kier alpha value is -1.24. The predicted molar refractivity (Wildman–Crippen MR) is 94.3 cm³/mol. The smallest absolute Gasteiger partial charge is 0.248 e. The van der Waals surface area contributed by atoms with Crippen LogP contribution in [-0.4, -0.2) is 47.3 Å². The van der Waals surface area contributed by atoms with Crippen molar-refractivity contribution < 1.29 is 14.7 Å². The summed E-state index contributed by atoms with van der Waals surface area (Å²) in [5, 5.41) is 12.7. The van der Waals surface area contributed by atoms with Crippen LogP contribution in [0.4, 0.5) is 5.69 Å². The number of nitrogens with one attached hydrogen (secondary N) is 1. The lowest BCUT2D eigenvalue weighted by atomic mass is 9.78. The van der Waals surface area contributed by atoms with Gasteiger partial charge in [-0.05, 0) is 36.6 Å². The topological polar surface area (TPSA) is 69.6 Å². The molecule has 7 heteroatoms. The molecule has 1 aliphatic rings. The minimum Gasteiger partial charge on any atom is -0.387 e. The summed E-state index contributed by atoms with van der Waals surface area (Å²) in [5.74, 6) is -0.101. The molecule has 1 aliphatic heterocycles. The maximum Gasteiger partial charge on any atom is 0.248 e. The van der Waals surface area contributed by atoms with E-state index in [4.69, 9.17) is 11.6 Å². The maximum absolute atomic E-state index is 12.7. The number of hydrogen-bond acceptors (Lipinski definition) is 4. The van der Waals surface area contributed by atoms with E-state index in [0.29, 0.717) is 23.7 Å². The van der Waals surface area contributed by atoms with Crippen LogP contribution in [0.25, 0.3) is 0 Å². The molecule has 0 bridgehead atoms. The maximum atomic E-state index is 12.7. The molecule has 1 heterocycles. The highest BCUT2D eigenvalue weighted by molar-refractivity contribution is 7.80. The summed E-state index contributed by atoms with van der Waals surface area (Å²) in [6.07, 6.45) is 0.521. The lowest BCUT2D eigenvalue weighted by Gasteiger charge is -2.33. The number of benzene rings is 1. The zero-order valence-corrected chi connectivity index (χ0v) is 14.9. The van der Waals surface area contributed by atoms with Crippen molar-refractivity contribution in [3.05, 3.63) is 28.3 Å². The fraction of sp³-hybridized carbons (Fsp3) is 0.500. The van der Waals surface area contributed by atoms with Crippen LogP contribution in [0.15, 0.2) is 12.1 Å². The first kappa shape index (κ1) is 18.1. The number of amides is 2. The molecule has 0 saturated heterocycles. The minimum atomic E-state index is -0.862. The second-order valence-electron chi connectivity index (χ2n) is 5.73. The van der Waals surface area contributed by atoms with Gasteiger partial charge in [0.2, 0.25) is 11.8 Å². The number of aryl methyl sites for hydroxylation is 1. The first-order chi connectivity index (χ1) is 10.9. The number of aliphatic hydroxyl groups excluding tert-OH is 1. The van der Waals surface area contributed by atoms with E-state index in [1.807, 2.05) is 13.8 Å². The zero-order valence-electron chi connectivity index (χ0n) is 13.2. The van der Waals surface area contributed by atoms with Crippen molar-refractivity contribution in [3.8, 4) is 0 Å². The van der Waals surface area contributed by atoms with Crippen LogP contribution in [-0.2, 0) is 15.0 Å². The van der Waals surface area contributed by atoms with Crippen LogP contribution < -0.4 is 5.32 Å². The number of aliphatic hydroxyl groups is 1. The second-order valence-corrected chi connectivity index (χ2v) is 6.62. The molecule has 1 aromatic carbocycles. The van der Waals surface area contributed by atoms with Crippen LogP contribution in [0.1, 0.15) is 24.5 Å². The van der Waals surface area contributed by atoms with Gasteiger partial charge in [-0.2, -0.15) is 12.6 Å². The van der Waals surface area contributed by atoms with Crippen molar-refractivity contribution in [3.63, 3.8) is 0 Å². The van der Waals surface area contributed by atoms with E-state index in [-0.39, 0.29) is 12.5 Å². The van der Waals surface area contributed by atoms with Gasteiger partial charge < -0.3 is 15.3 Å². The highest BCUT2D eigenvalue weighted by atomic mass is 35.5. The molecule has 0 aliphatic carbocycles. The molecule has 2 rings (SSSR count). The van der Waals surface area contributed by atoms with Crippen LogP contribution in [0.3, 0.4) is 0 Å². The molecule has 1 aromatic rings. The summed E-state index contributed by atoms with van der Waals surface area (Å²) < 4.78 is 0. The quantitative estimate of drug-likeness (QED) is 0.683. The van der Waals surface area contributed by atoms with Gasteiger partial charge in [0.25, 0.3) is 0 Å². The lowest BCUT2D eigenvalue weighted by molar-refractivity contribution is -0.135. The molecule has 0 saturated carbocycles. The molecule has 0 fully saturated rings.